The van der Waals surface area contributed by atoms with Crippen molar-refractivity contribution >= 4 is 47.5 Å². The minimum atomic E-state index is -1.04. The molecule has 4 heterocycles. The lowest BCUT2D eigenvalue weighted by atomic mass is 10.1. The maximum Gasteiger partial charge on any atom is 0.328 e. The van der Waals surface area contributed by atoms with Gasteiger partial charge in [0, 0.05) is 43.7 Å². The molecule has 0 fully saturated rings. The highest BCUT2D eigenvalue weighted by Crippen LogP contribution is 2.32. The lowest BCUT2D eigenvalue weighted by Crippen LogP contribution is -2.26. The molecule has 2 aromatic heterocycles. The Bertz CT molecular complexity index is 1670. The summed E-state index contributed by atoms with van der Waals surface area (Å²) in [5, 5.41) is 13.6. The molecule has 1 aromatic carbocycles. The molecule has 0 bridgehead atoms. The second-order valence-corrected chi connectivity index (χ2v) is 9.90. The number of fused-ring (bicyclic) bond motifs is 2. The minimum Gasteiger partial charge on any atom is -0.493 e. The van der Waals surface area contributed by atoms with Crippen LogP contribution in [0.25, 0.3) is 12.2 Å². The van der Waals surface area contributed by atoms with E-state index >= 15 is 0 Å². The van der Waals surface area contributed by atoms with E-state index < -0.39 is 5.97 Å². The molecule has 3 amide bonds. The molecule has 0 aliphatic carbocycles. The molecule has 0 saturated heterocycles. The number of pyridine rings is 2. The van der Waals surface area contributed by atoms with E-state index in [1.54, 1.807) is 43.5 Å². The Kier molecular flexibility index (Phi) is 11.3. The molecule has 5 rings (SSSR count). The van der Waals surface area contributed by atoms with Crippen LogP contribution in [-0.2, 0) is 25.7 Å². The first-order chi connectivity index (χ1) is 22.2. The minimum absolute atomic E-state index is 0.0491. The quantitative estimate of drug-likeness (QED) is 0.279. The number of aromatic nitrogens is 2. The number of amides is 3. The summed E-state index contributed by atoms with van der Waals surface area (Å²) in [5.74, 6) is 1.24. The average molecular weight is 632 g/mol. The molecular weight excluding hydrogens is 598 g/mol. The number of carbonyl (C=O) groups is 4. The molecule has 14 heteroatoms. The average Bonchev–Trinajstić information content (AvgIpc) is 3.05. The van der Waals surface area contributed by atoms with E-state index in [1.807, 2.05) is 25.1 Å². The van der Waals surface area contributed by atoms with Gasteiger partial charge >= 0.3 is 5.97 Å². The number of nitrogens with zero attached hydrogens (tertiary/aromatic N) is 3. The van der Waals surface area contributed by atoms with E-state index in [2.05, 4.69) is 20.6 Å². The van der Waals surface area contributed by atoms with E-state index in [0.717, 1.165) is 18.1 Å². The first-order valence-electron chi connectivity index (χ1n) is 14.1. The monoisotopic (exact) mass is 631 g/mol. The van der Waals surface area contributed by atoms with Gasteiger partial charge in [-0.25, -0.2) is 14.8 Å². The number of ether oxygens (including phenoxy) is 4. The zero-order valence-electron chi connectivity index (χ0n) is 25.4. The molecule has 46 heavy (non-hydrogen) atoms. The standard InChI is InChI=1S/C22H25N3O5.C10H8N2O4/c1-4-10-29-21-16(6-5-7-17(21)28-3)13-25(2)20(27)9-8-15-11-18-22(23-12-15)24-19(26)14-30-18;13-8-5-16-7-3-6(1-2-9(14)15)4-11-10(7)12-8/h5-9,11-12H,4,10,13-14H2,1-3H3,(H,23,24,26);1-4H,5H2,(H,14,15)(H,11,12,13)/b9-8+;2-1+. The highest BCUT2D eigenvalue weighted by atomic mass is 16.5. The van der Waals surface area contributed by atoms with Crippen LogP contribution in [-0.4, -0.2) is 77.6 Å². The molecule has 0 radical (unpaired) electrons. The first kappa shape index (κ1) is 33.0. The fourth-order valence-electron chi connectivity index (χ4n) is 4.14. The Morgan fingerprint density at radius 1 is 0.978 bits per heavy atom. The van der Waals surface area contributed by atoms with Crippen LogP contribution in [0.2, 0.25) is 0 Å². The zero-order chi connectivity index (χ0) is 33.1. The number of carbonyl (C=O) groups excluding carboxylic acids is 3. The second-order valence-electron chi connectivity index (χ2n) is 9.90. The topological polar surface area (TPSA) is 179 Å². The van der Waals surface area contributed by atoms with E-state index in [9.17, 15) is 19.2 Å². The van der Waals surface area contributed by atoms with Gasteiger partial charge in [0.2, 0.25) is 5.91 Å². The Labute approximate surface area is 264 Å². The van der Waals surface area contributed by atoms with Crippen LogP contribution in [0.3, 0.4) is 0 Å². The van der Waals surface area contributed by atoms with Crippen LogP contribution in [0.1, 0.15) is 30.0 Å². The number of hydrogen-bond acceptors (Lipinski definition) is 10. The molecule has 240 valence electrons. The van der Waals surface area contributed by atoms with Crippen LogP contribution >= 0.6 is 0 Å². The molecule has 3 aromatic rings. The Morgan fingerprint density at radius 2 is 1.57 bits per heavy atom. The fourth-order valence-corrected chi connectivity index (χ4v) is 4.14. The van der Waals surface area contributed by atoms with E-state index in [1.165, 1.54) is 18.3 Å². The summed E-state index contributed by atoms with van der Waals surface area (Å²) < 4.78 is 21.7. The van der Waals surface area contributed by atoms with Gasteiger partial charge in [-0.1, -0.05) is 19.1 Å². The van der Waals surface area contributed by atoms with Crippen molar-refractivity contribution in [1.29, 1.82) is 0 Å². The molecule has 2 aliphatic rings. The summed E-state index contributed by atoms with van der Waals surface area (Å²) in [4.78, 5) is 54.9. The summed E-state index contributed by atoms with van der Waals surface area (Å²) in [6.07, 6.45) is 9.42. The summed E-state index contributed by atoms with van der Waals surface area (Å²) in [7, 11) is 3.32. The first-order valence-corrected chi connectivity index (χ1v) is 14.1. The summed E-state index contributed by atoms with van der Waals surface area (Å²) in [6, 6.07) is 8.97. The molecule has 0 unspecified atom stereocenters. The number of aliphatic carboxylic acids is 1. The number of nitrogens with one attached hydrogen (secondary N) is 2. The lowest BCUT2D eigenvalue weighted by molar-refractivity contribution is -0.131. The molecule has 0 spiro atoms. The van der Waals surface area contributed by atoms with Crippen molar-refractivity contribution in [2.45, 2.75) is 19.9 Å². The third-order valence-corrected chi connectivity index (χ3v) is 6.33. The van der Waals surface area contributed by atoms with Crippen LogP contribution in [0.4, 0.5) is 11.6 Å². The number of likely N-dealkylation sites (N-methyl/N-ethyl adjacent to an activating group) is 1. The third-order valence-electron chi connectivity index (χ3n) is 6.33. The fraction of sp³-hybridized carbons (Fsp3) is 0.250. The van der Waals surface area contributed by atoms with Crippen LogP contribution in [0, 0.1) is 0 Å². The largest absolute Gasteiger partial charge is 0.493 e. The maximum atomic E-state index is 12.6. The molecule has 0 atom stereocenters. The number of anilines is 2. The van der Waals surface area contributed by atoms with Crippen molar-refractivity contribution in [3.05, 3.63) is 71.6 Å². The lowest BCUT2D eigenvalue weighted by Gasteiger charge is -2.19. The van der Waals surface area contributed by atoms with E-state index in [4.69, 9.17) is 24.1 Å². The second kappa shape index (κ2) is 15.7. The van der Waals surface area contributed by atoms with Gasteiger partial charge in [-0.15, -0.1) is 0 Å². The van der Waals surface area contributed by atoms with Gasteiger partial charge < -0.3 is 39.6 Å². The van der Waals surface area contributed by atoms with Gasteiger partial charge in [-0.05, 0) is 47.9 Å². The Morgan fingerprint density at radius 3 is 2.11 bits per heavy atom. The zero-order valence-corrected chi connectivity index (χ0v) is 25.4. The van der Waals surface area contributed by atoms with Crippen LogP contribution in [0.15, 0.2) is 54.9 Å². The molecule has 0 saturated carbocycles. The van der Waals surface area contributed by atoms with Gasteiger partial charge in [-0.3, -0.25) is 14.4 Å². The Hall–Kier alpha value is -5.92. The van der Waals surface area contributed by atoms with Gasteiger partial charge in [0.15, 0.2) is 47.8 Å². The van der Waals surface area contributed by atoms with E-state index in [0.29, 0.717) is 58.9 Å². The van der Waals surface area contributed by atoms with Gasteiger partial charge in [0.05, 0.1) is 13.7 Å². The normalized spacial score (nSPS) is 13.2. The molecule has 14 nitrogen and oxygen atoms in total. The highest BCUT2D eigenvalue weighted by molar-refractivity contribution is 5.95. The summed E-state index contributed by atoms with van der Waals surface area (Å²) in [5.41, 5.74) is 2.16. The van der Waals surface area contributed by atoms with Crippen molar-refractivity contribution in [1.82, 2.24) is 14.9 Å². The highest BCUT2D eigenvalue weighted by Gasteiger charge is 2.18. The summed E-state index contributed by atoms with van der Waals surface area (Å²) >= 11 is 0. The molecule has 3 N–H and O–H groups in total. The van der Waals surface area contributed by atoms with Crippen LogP contribution in [0.5, 0.6) is 23.0 Å². The third kappa shape index (κ3) is 9.05. The summed E-state index contributed by atoms with van der Waals surface area (Å²) in [6.45, 7) is 2.87. The Balaban J connectivity index is 0.000000252. The molecule has 2 aliphatic heterocycles. The van der Waals surface area contributed by atoms with Crippen molar-refractivity contribution in [2.24, 2.45) is 0 Å². The maximum absolute atomic E-state index is 12.6. The number of carboxylic acid groups (broad SMARTS) is 1. The van der Waals surface area contributed by atoms with Gasteiger partial charge in [0.25, 0.3) is 11.8 Å². The van der Waals surface area contributed by atoms with Gasteiger partial charge in [0.1, 0.15) is 0 Å². The number of rotatable bonds is 10. The SMILES string of the molecule is CCCOc1c(CN(C)C(=O)/C=C/c2cnc3c(c2)OCC(=O)N3)cccc1OC.O=C(O)/C=C/c1cnc2c(c1)OCC(=O)N2. The van der Waals surface area contributed by atoms with Crippen molar-refractivity contribution in [3.8, 4) is 23.0 Å². The predicted octanol–water partition coefficient (Wildman–Crippen LogP) is 3.39. The predicted molar refractivity (Wildman–Crippen MR) is 168 cm³/mol. The number of carboxylic acids is 1. The molecular formula is C32H33N5O9. The number of hydrogen-bond donors (Lipinski definition) is 3. The van der Waals surface area contributed by atoms with Crippen molar-refractivity contribution in [3.63, 3.8) is 0 Å². The number of benzene rings is 1. The van der Waals surface area contributed by atoms with Crippen LogP contribution < -0.4 is 29.6 Å². The smallest absolute Gasteiger partial charge is 0.328 e. The van der Waals surface area contributed by atoms with E-state index in [-0.39, 0.29) is 30.9 Å². The number of para-hydroxylation sites is 1. The van der Waals surface area contributed by atoms with Crippen molar-refractivity contribution < 1.29 is 43.2 Å². The van der Waals surface area contributed by atoms with Gasteiger partial charge in [-0.2, -0.15) is 0 Å². The van der Waals surface area contributed by atoms with Crippen molar-refractivity contribution in [2.75, 3.05) is 44.6 Å². The number of methoxy groups -OCH3 is 1.